The number of aliphatic hydroxyl groups excluding tert-OH is 1. The Labute approximate surface area is 511 Å². The van der Waals surface area contributed by atoms with Crippen molar-refractivity contribution in [2.45, 2.75) is 146 Å². The van der Waals surface area contributed by atoms with Crippen molar-refractivity contribution in [3.05, 3.63) is 22.2 Å². The number of Topliss-reactive ketones (excluding diaryl/α,β-unsaturated/α-hetero) is 1. The number of aliphatic hydroxyl groups is 1. The maximum atomic E-state index is 12.5. The van der Waals surface area contributed by atoms with Crippen LogP contribution in [0.2, 0.25) is 0 Å². The standard InChI is InChI=1S/C26H42N5O16P3S2.C19H26N4O14/c1-3-4-5-6-9-20(33)19(29-17(2)32)16-52-51-12-10-23(35)28-11-7-8-18-14-31(26(36)30-25(18)27)24-13-21(34)22(45-24)15-44-49(40,41)47-50(42,43)46-48(37,38)39;1-2-11(24)20-7(16(30)31)3-12(25)21-8(17(32)33)4-13(26)22-9(18(34)35)5-14(27)23-10(19(36)37)6-15(28)29/h14,19,21-22,24,34H,3-6,9-13,15-16H2,1-2H3,(H,28,35)(H,29,32)(H,40,41)(H,42,43)(H2,27,30,36)(H2,37,38,39);7-10H,2-6H2,1H3,(H,20,24)(H,21,25)(H,22,26)(H,23,27)(H,28,29)(H,30,31)(H,32,33)(H,34,35)(H,36,37). The number of carbonyl (C=O) groups is 12. The van der Waals surface area contributed by atoms with Gasteiger partial charge in [0.1, 0.15) is 42.3 Å². The van der Waals surface area contributed by atoms with Gasteiger partial charge in [0.15, 0.2) is 5.78 Å². The number of phosphoric ester groups is 1. The number of carbonyl (C=O) groups excluding carboxylic acids is 7. The van der Waals surface area contributed by atoms with Crippen LogP contribution in [0.25, 0.3) is 0 Å². The zero-order valence-electron chi connectivity index (χ0n) is 47.3. The molecule has 18 N–H and O–H groups in total. The first-order chi connectivity index (χ1) is 41.3. The van der Waals surface area contributed by atoms with Gasteiger partial charge in [0.2, 0.25) is 35.4 Å². The van der Waals surface area contributed by atoms with Crippen molar-refractivity contribution in [1.82, 2.24) is 41.5 Å². The summed E-state index contributed by atoms with van der Waals surface area (Å²) in [6, 6.07) is -8.13. The normalized spacial score (nSPS) is 17.4. The molecule has 0 bridgehead atoms. The zero-order chi connectivity index (χ0) is 68.0. The van der Waals surface area contributed by atoms with Crippen molar-refractivity contribution >= 4 is 122 Å². The lowest BCUT2D eigenvalue weighted by molar-refractivity contribution is -0.148. The molecule has 0 aliphatic carbocycles. The molecule has 39 nitrogen and oxygen atoms in total. The molecule has 0 radical (unpaired) electrons. The van der Waals surface area contributed by atoms with E-state index < -0.39 is 164 Å². The van der Waals surface area contributed by atoms with Gasteiger partial charge in [-0.3, -0.25) is 47.4 Å². The third kappa shape index (κ3) is 34.0. The predicted molar refractivity (Wildman–Crippen MR) is 303 cm³/mol. The highest BCUT2D eigenvalue weighted by Gasteiger charge is 2.43. The Kier molecular flexibility index (Phi) is 35.4. The SMILES string of the molecule is CCC(=O)NC(CC(=O)NC(CC(=O)NC(CC(=O)NC(CC(=O)O)C(=O)O)C(=O)O)C(=O)O)C(=O)O.CCCCCCC(=O)C(CSSCCC(=O)NCC#Cc1cn(C2CC(O)C(COP(=O)(O)OP(=O)(O)OP(=O)(O)O)O2)c(=O)nc1N)NC(C)=O. The number of ether oxygens (including phenoxy) is 1. The summed E-state index contributed by atoms with van der Waals surface area (Å²) >= 11 is 0. The van der Waals surface area contributed by atoms with Gasteiger partial charge in [0.05, 0.1) is 56.5 Å². The molecular formula is C45H68N9O30P3S2. The number of nitrogens with one attached hydrogen (secondary N) is 6. The van der Waals surface area contributed by atoms with E-state index in [1.165, 1.54) is 41.6 Å². The number of amides is 6. The molecule has 500 valence electrons. The number of ketones is 1. The van der Waals surface area contributed by atoms with E-state index in [1.54, 1.807) is 5.32 Å². The average molecular weight is 1370 g/mol. The van der Waals surface area contributed by atoms with Crippen molar-refractivity contribution in [3.8, 4) is 11.8 Å². The van der Waals surface area contributed by atoms with E-state index in [1.807, 2.05) is 16.0 Å². The van der Waals surface area contributed by atoms with Gasteiger partial charge in [-0.1, -0.05) is 66.5 Å². The van der Waals surface area contributed by atoms with Gasteiger partial charge in [0.25, 0.3) is 0 Å². The quantitative estimate of drug-likeness (QED) is 0.0139. The van der Waals surface area contributed by atoms with Crippen molar-refractivity contribution in [3.63, 3.8) is 0 Å². The summed E-state index contributed by atoms with van der Waals surface area (Å²) in [5, 5.41) is 68.2. The molecule has 1 aliphatic heterocycles. The molecule has 44 heteroatoms. The van der Waals surface area contributed by atoms with Crippen LogP contribution in [0.15, 0.2) is 11.0 Å². The van der Waals surface area contributed by atoms with Crippen LogP contribution in [0.3, 0.4) is 0 Å². The topological polar surface area (TPSA) is 628 Å². The van der Waals surface area contributed by atoms with Crippen LogP contribution in [-0.4, -0.2) is 198 Å². The predicted octanol–water partition coefficient (Wildman–Crippen LogP) is -2.58. The Morgan fingerprint density at radius 3 is 1.70 bits per heavy atom. The molecule has 1 aliphatic rings. The number of nitrogens with two attached hydrogens (primary N) is 1. The molecule has 1 aromatic heterocycles. The van der Waals surface area contributed by atoms with Gasteiger partial charge in [-0.15, -0.1) is 0 Å². The lowest BCUT2D eigenvalue weighted by atomic mass is 10.1. The molecule has 6 amide bonds. The Bertz CT molecular complexity index is 3000. The summed E-state index contributed by atoms with van der Waals surface area (Å²) in [4.78, 5) is 192. The number of aliphatic carboxylic acids is 5. The lowest BCUT2D eigenvalue weighted by Crippen LogP contribution is -2.51. The van der Waals surface area contributed by atoms with Crippen molar-refractivity contribution in [2.24, 2.45) is 0 Å². The summed E-state index contributed by atoms with van der Waals surface area (Å²) in [6.45, 7) is 3.82. The second kappa shape index (κ2) is 39.3. The Morgan fingerprint density at radius 2 is 1.22 bits per heavy atom. The van der Waals surface area contributed by atoms with Crippen LogP contribution in [-0.2, 0) is 89.1 Å². The van der Waals surface area contributed by atoms with E-state index >= 15 is 0 Å². The van der Waals surface area contributed by atoms with E-state index in [0.29, 0.717) is 17.9 Å². The fourth-order valence-corrected chi connectivity index (χ4v) is 12.1. The molecular weight excluding hydrogens is 1300 g/mol. The smallest absolute Gasteiger partial charge is 0.481 e. The van der Waals surface area contributed by atoms with Gasteiger partial charge in [0, 0.05) is 50.3 Å². The van der Waals surface area contributed by atoms with Crippen LogP contribution < -0.4 is 43.3 Å². The summed E-state index contributed by atoms with van der Waals surface area (Å²) in [5.74, 6) is -7.51. The minimum Gasteiger partial charge on any atom is -0.481 e. The molecule has 1 saturated heterocycles. The maximum Gasteiger partial charge on any atom is 0.490 e. The third-order valence-corrected chi connectivity index (χ3v) is 17.3. The molecule has 0 spiro atoms. The molecule has 0 aromatic carbocycles. The van der Waals surface area contributed by atoms with Crippen molar-refractivity contribution < 1.29 is 139 Å². The monoisotopic (exact) mass is 1370 g/mol. The number of nitrogens with zero attached hydrogens (tertiary/aromatic N) is 2. The van der Waals surface area contributed by atoms with Crippen LogP contribution in [0, 0.1) is 11.8 Å². The van der Waals surface area contributed by atoms with Crippen LogP contribution >= 0.6 is 45.1 Å². The number of rotatable bonds is 39. The van der Waals surface area contributed by atoms with E-state index in [2.05, 4.69) is 47.5 Å². The highest BCUT2D eigenvalue weighted by Crippen LogP contribution is 2.66. The number of carboxylic acid groups (broad SMARTS) is 5. The number of unbranched alkanes of at least 4 members (excludes halogenated alkanes) is 3. The first-order valence-corrected chi connectivity index (χ1v) is 32.9. The summed E-state index contributed by atoms with van der Waals surface area (Å²) in [7, 11) is -14.1. The highest BCUT2D eigenvalue weighted by atomic mass is 33.1. The highest BCUT2D eigenvalue weighted by molar-refractivity contribution is 8.76. The fraction of sp³-hybridized carbons (Fsp3) is 0.600. The summed E-state index contributed by atoms with van der Waals surface area (Å²) in [6.07, 6.45) is -2.84. The van der Waals surface area contributed by atoms with E-state index in [-0.39, 0.29) is 54.8 Å². The second-order valence-corrected chi connectivity index (χ2v) is 25.5. The minimum atomic E-state index is -5.76. The Hall–Kier alpha value is -6.89. The zero-order valence-corrected chi connectivity index (χ0v) is 51.6. The molecule has 10 atom stereocenters. The van der Waals surface area contributed by atoms with E-state index in [0.717, 1.165) is 30.3 Å². The van der Waals surface area contributed by atoms with Gasteiger partial charge >= 0.3 is 59.0 Å². The van der Waals surface area contributed by atoms with E-state index in [9.17, 15) is 101 Å². The van der Waals surface area contributed by atoms with Gasteiger partial charge in [-0.05, 0) is 6.42 Å². The number of phosphoric acid groups is 3. The van der Waals surface area contributed by atoms with Gasteiger partial charge in [-0.2, -0.15) is 13.6 Å². The summed E-state index contributed by atoms with van der Waals surface area (Å²) in [5.41, 5.74) is 4.97. The lowest BCUT2D eigenvalue weighted by Gasteiger charge is -2.19. The Balaban J connectivity index is 0.000000946. The van der Waals surface area contributed by atoms with E-state index in [4.69, 9.17) is 35.6 Å². The number of nitrogen functional groups attached to an aromatic ring is 1. The number of aromatic nitrogens is 2. The van der Waals surface area contributed by atoms with Crippen LogP contribution in [0.5, 0.6) is 0 Å². The van der Waals surface area contributed by atoms with Crippen molar-refractivity contribution in [2.75, 3.05) is 30.4 Å². The first kappa shape index (κ1) is 80.1. The number of carboxylic acids is 5. The summed E-state index contributed by atoms with van der Waals surface area (Å²) < 4.78 is 52.4. The van der Waals surface area contributed by atoms with Gasteiger partial charge < -0.3 is 92.6 Å². The molecule has 10 unspecified atom stereocenters. The van der Waals surface area contributed by atoms with Crippen LogP contribution in [0.1, 0.15) is 110 Å². The molecule has 89 heavy (non-hydrogen) atoms. The van der Waals surface area contributed by atoms with Crippen LogP contribution in [0.4, 0.5) is 5.82 Å². The third-order valence-electron chi connectivity index (χ3n) is 11.1. The molecule has 1 aromatic rings. The first-order valence-electron chi connectivity index (χ1n) is 25.9. The molecule has 2 rings (SSSR count). The number of hydrogen-bond acceptors (Lipinski definition) is 25. The van der Waals surface area contributed by atoms with Gasteiger partial charge in [-0.25, -0.2) is 37.7 Å². The Morgan fingerprint density at radius 1 is 0.708 bits per heavy atom. The second-order valence-electron chi connectivity index (χ2n) is 18.4. The molecule has 2 heterocycles. The minimum absolute atomic E-state index is 0.0211. The number of anilines is 1. The molecule has 1 fully saturated rings. The fourth-order valence-electron chi connectivity index (χ4n) is 6.92. The molecule has 0 saturated carbocycles. The number of hydrogen-bond donors (Lipinski definition) is 17. The van der Waals surface area contributed by atoms with Crippen molar-refractivity contribution in [1.29, 1.82) is 0 Å². The maximum absolute atomic E-state index is 12.5. The largest absolute Gasteiger partial charge is 0.490 e. The average Bonchev–Trinajstić information content (AvgIpc) is 3.02.